The molecule has 3 aliphatic carbocycles. The summed E-state index contributed by atoms with van der Waals surface area (Å²) in [6.07, 6.45) is 6.31. The molecule has 48 heavy (non-hydrogen) atoms. The lowest BCUT2D eigenvalue weighted by Gasteiger charge is -2.45. The number of rotatable bonds is 13. The summed E-state index contributed by atoms with van der Waals surface area (Å²) in [6.45, 7) is 10.6. The molecule has 270 valence electrons. The molecule has 0 aromatic heterocycles. The fraction of sp³-hybridized carbons (Fsp3) is 0.771. The van der Waals surface area contributed by atoms with Crippen LogP contribution in [0, 0.1) is 29.6 Å². The summed E-state index contributed by atoms with van der Waals surface area (Å²) in [6, 6.07) is 7.07. The van der Waals surface area contributed by atoms with Crippen LogP contribution in [0.1, 0.15) is 77.7 Å². The van der Waals surface area contributed by atoms with Crippen molar-refractivity contribution in [3.05, 3.63) is 29.8 Å². The predicted molar refractivity (Wildman–Crippen MR) is 188 cm³/mol. The number of hydrogen-bond acceptors (Lipinski definition) is 9. The molecule has 3 unspecified atom stereocenters. The highest BCUT2D eigenvalue weighted by atomic mass is 32.2. The van der Waals surface area contributed by atoms with Gasteiger partial charge in [-0.05, 0) is 88.2 Å². The van der Waals surface area contributed by atoms with Crippen molar-refractivity contribution in [2.45, 2.75) is 97.2 Å². The van der Waals surface area contributed by atoms with Gasteiger partial charge in [0.05, 0.1) is 30.1 Å². The number of esters is 1. The Morgan fingerprint density at radius 1 is 1.00 bits per heavy atom. The van der Waals surface area contributed by atoms with Gasteiger partial charge in [0, 0.05) is 55.6 Å². The van der Waals surface area contributed by atoms with Crippen LogP contribution >= 0.6 is 0 Å². The average Bonchev–Trinajstić information content (AvgIpc) is 3.38. The molecule has 1 aromatic carbocycles. The summed E-state index contributed by atoms with van der Waals surface area (Å²) >= 11 is 0. The molecule has 4 fully saturated rings. The molecule has 11 nitrogen and oxygen atoms in total. The van der Waals surface area contributed by atoms with Gasteiger partial charge in [0.25, 0.3) is 0 Å². The van der Waals surface area contributed by atoms with Gasteiger partial charge in [-0.3, -0.25) is 9.59 Å². The Kier molecular flexibility index (Phi) is 11.2. The number of hydrogen-bond donors (Lipinski definition) is 2. The van der Waals surface area contributed by atoms with Crippen molar-refractivity contribution in [3.8, 4) is 0 Å². The summed E-state index contributed by atoms with van der Waals surface area (Å²) in [7, 11) is -6.95. The molecule has 5 rings (SSSR count). The standard InChI is InChI=1S/C35H56N4O7S2/c1-6-46-33(41)26-11-13-28(14-12-26)36-29(16-22-47(5,42)43)32(40)37-31-23-27-15-17-35(31,34(27,3)4)24-48(44,45)39-20-18-38(19-21-39)30-10-8-7-9-25(30)2/h7-10,26-29,31,36H,6,11-24H2,1-5H3,(H,37,40)/t26?,27?,28?,29-,31?,35?/m0/s1. The maximum Gasteiger partial charge on any atom is 0.308 e. The first-order chi connectivity index (χ1) is 22.6. The van der Waals surface area contributed by atoms with E-state index in [-0.39, 0.29) is 59.1 Å². The third kappa shape index (κ3) is 7.89. The molecule has 1 saturated heterocycles. The zero-order valence-electron chi connectivity index (χ0n) is 29.4. The highest BCUT2D eigenvalue weighted by Crippen LogP contribution is 2.66. The van der Waals surface area contributed by atoms with Gasteiger partial charge < -0.3 is 20.3 Å². The smallest absolute Gasteiger partial charge is 0.308 e. The molecule has 0 radical (unpaired) electrons. The Labute approximate surface area is 287 Å². The molecule has 13 heteroatoms. The van der Waals surface area contributed by atoms with E-state index in [4.69, 9.17) is 4.74 Å². The van der Waals surface area contributed by atoms with Crippen molar-refractivity contribution in [2.75, 3.05) is 55.4 Å². The van der Waals surface area contributed by atoms with Gasteiger partial charge in [0.1, 0.15) is 9.84 Å². The predicted octanol–water partition coefficient (Wildman–Crippen LogP) is 3.27. The van der Waals surface area contributed by atoms with Crippen LogP contribution in [-0.4, -0.2) is 102 Å². The largest absolute Gasteiger partial charge is 0.466 e. The van der Waals surface area contributed by atoms with Crippen molar-refractivity contribution in [3.63, 3.8) is 0 Å². The number of sulfonamides is 1. The molecular formula is C35H56N4O7S2. The second-order valence-electron chi connectivity index (χ2n) is 15.3. The number of carbonyl (C=O) groups is 2. The molecule has 1 heterocycles. The number of ether oxygens (including phenoxy) is 1. The van der Waals surface area contributed by atoms with E-state index in [0.29, 0.717) is 64.9 Å². The van der Waals surface area contributed by atoms with Crippen LogP contribution in [0.5, 0.6) is 0 Å². The van der Waals surface area contributed by atoms with E-state index in [1.54, 1.807) is 11.2 Å². The highest BCUT2D eigenvalue weighted by Gasteiger charge is 2.66. The molecule has 4 atom stereocenters. The summed E-state index contributed by atoms with van der Waals surface area (Å²) in [5, 5.41) is 6.71. The van der Waals surface area contributed by atoms with Crippen molar-refractivity contribution in [2.24, 2.45) is 22.7 Å². The summed E-state index contributed by atoms with van der Waals surface area (Å²) in [5.74, 6) is -0.481. The Morgan fingerprint density at radius 3 is 2.27 bits per heavy atom. The molecule has 0 spiro atoms. The van der Waals surface area contributed by atoms with Gasteiger partial charge in [0.2, 0.25) is 15.9 Å². The Hall–Kier alpha value is -2.22. The van der Waals surface area contributed by atoms with Gasteiger partial charge in [0.15, 0.2) is 0 Å². The maximum absolute atomic E-state index is 14.2. The number of carbonyl (C=O) groups excluding carboxylic acids is 2. The lowest BCUT2D eigenvalue weighted by Crippen LogP contribution is -2.59. The minimum Gasteiger partial charge on any atom is -0.466 e. The molecular weight excluding hydrogens is 653 g/mol. The quantitative estimate of drug-likeness (QED) is 0.296. The third-order valence-electron chi connectivity index (χ3n) is 12.2. The number of aryl methyl sites for hydroxylation is 1. The first-order valence-electron chi connectivity index (χ1n) is 17.8. The highest BCUT2D eigenvalue weighted by molar-refractivity contribution is 7.90. The third-order valence-corrected chi connectivity index (χ3v) is 15.2. The van der Waals surface area contributed by atoms with Gasteiger partial charge in [-0.1, -0.05) is 32.0 Å². The normalized spacial score (nSPS) is 29.8. The van der Waals surface area contributed by atoms with Crippen molar-refractivity contribution < 1.29 is 31.2 Å². The fourth-order valence-electron chi connectivity index (χ4n) is 9.10. The maximum atomic E-state index is 14.2. The number of nitrogens with zero attached hydrogens (tertiary/aromatic N) is 2. The van der Waals surface area contributed by atoms with E-state index in [1.807, 2.05) is 12.1 Å². The lowest BCUT2D eigenvalue weighted by molar-refractivity contribution is -0.149. The van der Waals surface area contributed by atoms with Crippen LogP contribution in [0.25, 0.3) is 0 Å². The number of sulfone groups is 1. The van der Waals surface area contributed by atoms with E-state index in [9.17, 15) is 26.4 Å². The molecule has 3 saturated carbocycles. The van der Waals surface area contributed by atoms with Crippen molar-refractivity contribution >= 4 is 37.4 Å². The first kappa shape index (κ1) is 37.0. The van der Waals surface area contributed by atoms with Crippen LogP contribution in [0.3, 0.4) is 0 Å². The van der Waals surface area contributed by atoms with Crippen LogP contribution < -0.4 is 15.5 Å². The molecule has 4 aliphatic rings. The van der Waals surface area contributed by atoms with Gasteiger partial charge in [-0.25, -0.2) is 16.8 Å². The second kappa shape index (κ2) is 14.6. The number of fused-ring (bicyclic) bond motifs is 2. The van der Waals surface area contributed by atoms with E-state index in [2.05, 4.69) is 48.4 Å². The number of benzene rings is 1. The second-order valence-corrected chi connectivity index (χ2v) is 19.5. The number of para-hydroxylation sites is 1. The van der Waals surface area contributed by atoms with Gasteiger partial charge in [-0.2, -0.15) is 4.31 Å². The number of nitrogens with one attached hydrogen (secondary N) is 2. The molecule has 1 amide bonds. The monoisotopic (exact) mass is 708 g/mol. The molecule has 1 aliphatic heterocycles. The first-order valence-corrected chi connectivity index (χ1v) is 21.4. The van der Waals surface area contributed by atoms with Gasteiger partial charge >= 0.3 is 5.97 Å². The van der Waals surface area contributed by atoms with Crippen molar-refractivity contribution in [1.82, 2.24) is 14.9 Å². The lowest BCUT2D eigenvalue weighted by atomic mass is 9.69. The molecule has 1 aromatic rings. The summed E-state index contributed by atoms with van der Waals surface area (Å²) in [5.41, 5.74) is 1.39. The fourth-order valence-corrected chi connectivity index (χ4v) is 12.0. The average molecular weight is 709 g/mol. The number of piperazine rings is 1. The van der Waals surface area contributed by atoms with Crippen molar-refractivity contribution in [1.29, 1.82) is 0 Å². The summed E-state index contributed by atoms with van der Waals surface area (Å²) < 4.78 is 59.5. The van der Waals surface area contributed by atoms with E-state index >= 15 is 0 Å². The van der Waals surface area contributed by atoms with Crippen LogP contribution in [0.4, 0.5) is 5.69 Å². The van der Waals surface area contributed by atoms with Crippen LogP contribution in [0.2, 0.25) is 0 Å². The van der Waals surface area contributed by atoms with E-state index in [0.717, 1.165) is 18.5 Å². The Balaban J connectivity index is 1.27. The zero-order valence-corrected chi connectivity index (χ0v) is 31.0. The summed E-state index contributed by atoms with van der Waals surface area (Å²) in [4.78, 5) is 28.5. The van der Waals surface area contributed by atoms with E-state index < -0.39 is 31.3 Å². The minimum absolute atomic E-state index is 0.0158. The van der Waals surface area contributed by atoms with E-state index in [1.165, 1.54) is 11.8 Å². The van der Waals surface area contributed by atoms with Crippen LogP contribution in [0.15, 0.2) is 24.3 Å². The topological polar surface area (TPSA) is 142 Å². The Morgan fingerprint density at radius 2 is 1.67 bits per heavy atom. The number of anilines is 1. The van der Waals surface area contributed by atoms with Gasteiger partial charge in [-0.15, -0.1) is 0 Å². The number of amides is 1. The van der Waals surface area contributed by atoms with Crippen LogP contribution in [-0.2, 0) is 34.2 Å². The molecule has 2 N–H and O–H groups in total. The minimum atomic E-state index is -3.63. The Bertz CT molecular complexity index is 1530. The SMILES string of the molecule is CCOC(=O)C1CCC(N[C@@H](CCS(C)(=O)=O)C(=O)NC2CC3CCC2(CS(=O)(=O)N2CCN(c4ccccc4C)CC2)C3(C)C)CC1. The molecule has 2 bridgehead atoms. The zero-order chi connectivity index (χ0) is 34.9.